The molecule has 0 bridgehead atoms. The van der Waals surface area contributed by atoms with E-state index in [9.17, 15) is 0 Å². The van der Waals surface area contributed by atoms with Gasteiger partial charge in [-0.2, -0.15) is 0 Å². The monoisotopic (exact) mass is 219 g/mol. The average molecular weight is 219 g/mol. The van der Waals surface area contributed by atoms with Gasteiger partial charge in [-0.3, -0.25) is 0 Å². The van der Waals surface area contributed by atoms with Gasteiger partial charge in [-0.1, -0.05) is 50.6 Å². The molecule has 16 heavy (non-hydrogen) atoms. The summed E-state index contributed by atoms with van der Waals surface area (Å²) in [5.74, 6) is 0. The Bertz CT molecular complexity index is 292. The molecular formula is C15H25N. The second kappa shape index (κ2) is 6.05. The van der Waals surface area contributed by atoms with Gasteiger partial charge in [0.2, 0.25) is 0 Å². The maximum absolute atomic E-state index is 2.40. The lowest BCUT2D eigenvalue weighted by Gasteiger charge is -2.31. The lowest BCUT2D eigenvalue weighted by Crippen LogP contribution is -2.27. The largest absolute Gasteiger partial charge is 0.309 e. The summed E-state index contributed by atoms with van der Waals surface area (Å²) >= 11 is 0. The molecule has 1 aromatic rings. The van der Waals surface area contributed by atoms with Gasteiger partial charge in [0.15, 0.2) is 0 Å². The minimum atomic E-state index is 0.334. The minimum Gasteiger partial charge on any atom is -0.309 e. The molecule has 0 saturated carbocycles. The summed E-state index contributed by atoms with van der Waals surface area (Å²) in [6.07, 6.45) is 3.75. The molecule has 1 rings (SSSR count). The van der Waals surface area contributed by atoms with Crippen LogP contribution < -0.4 is 0 Å². The lowest BCUT2D eigenvalue weighted by atomic mass is 9.76. The molecular weight excluding hydrogens is 194 g/mol. The van der Waals surface area contributed by atoms with Crippen LogP contribution in [-0.2, 0) is 5.41 Å². The Morgan fingerprint density at radius 3 is 2.19 bits per heavy atom. The predicted molar refractivity (Wildman–Crippen MR) is 71.9 cm³/mol. The number of nitrogens with zero attached hydrogens (tertiary/aromatic N) is 1. The second-order valence-electron chi connectivity index (χ2n) is 5.23. The third kappa shape index (κ3) is 3.64. The fourth-order valence-electron chi connectivity index (χ4n) is 2.28. The summed E-state index contributed by atoms with van der Waals surface area (Å²) in [6.45, 7) is 5.83. The first kappa shape index (κ1) is 13.2. The number of rotatable bonds is 6. The smallest absolute Gasteiger partial charge is 0.00164 e. The summed E-state index contributed by atoms with van der Waals surface area (Å²) in [5, 5.41) is 0. The molecule has 0 amide bonds. The zero-order valence-corrected chi connectivity index (χ0v) is 11.2. The minimum absolute atomic E-state index is 0.334. The molecule has 0 unspecified atom stereocenters. The van der Waals surface area contributed by atoms with E-state index in [1.165, 1.54) is 24.8 Å². The molecule has 1 atom stereocenters. The molecule has 0 aromatic heterocycles. The van der Waals surface area contributed by atoms with Crippen molar-refractivity contribution in [2.45, 2.75) is 38.5 Å². The van der Waals surface area contributed by atoms with Crippen molar-refractivity contribution in [3.05, 3.63) is 35.9 Å². The van der Waals surface area contributed by atoms with Gasteiger partial charge in [0.05, 0.1) is 0 Å². The zero-order chi connectivity index (χ0) is 12.0. The molecule has 0 aliphatic heterocycles. The molecule has 0 heterocycles. The van der Waals surface area contributed by atoms with E-state index in [1.54, 1.807) is 0 Å². The van der Waals surface area contributed by atoms with Gasteiger partial charge in [-0.25, -0.2) is 0 Å². The van der Waals surface area contributed by atoms with E-state index in [-0.39, 0.29) is 0 Å². The van der Waals surface area contributed by atoms with Crippen molar-refractivity contribution in [2.75, 3.05) is 20.6 Å². The highest BCUT2D eigenvalue weighted by Crippen LogP contribution is 2.32. The van der Waals surface area contributed by atoms with Crippen molar-refractivity contribution in [3.63, 3.8) is 0 Å². The third-order valence-corrected chi connectivity index (χ3v) is 3.38. The number of hydrogen-bond donors (Lipinski definition) is 0. The standard InChI is InChI=1S/C15H25N/c1-5-11-15(2,12-13-16(3)4)14-9-7-6-8-10-14/h6-10H,5,11-13H2,1-4H3/t15-/m0/s1. The Kier molecular flexibility index (Phi) is 5.01. The first-order chi connectivity index (χ1) is 7.58. The molecule has 90 valence electrons. The van der Waals surface area contributed by atoms with Crippen molar-refractivity contribution in [2.24, 2.45) is 0 Å². The molecule has 0 N–H and O–H groups in total. The van der Waals surface area contributed by atoms with Crippen LogP contribution in [0.15, 0.2) is 30.3 Å². The molecule has 0 spiro atoms. The van der Waals surface area contributed by atoms with E-state index in [1.807, 2.05) is 0 Å². The Morgan fingerprint density at radius 2 is 1.69 bits per heavy atom. The molecule has 1 nitrogen and oxygen atoms in total. The van der Waals surface area contributed by atoms with E-state index in [0.29, 0.717) is 5.41 Å². The van der Waals surface area contributed by atoms with Gasteiger partial charge < -0.3 is 4.90 Å². The highest BCUT2D eigenvalue weighted by molar-refractivity contribution is 5.24. The second-order valence-corrected chi connectivity index (χ2v) is 5.23. The molecule has 0 fully saturated rings. The topological polar surface area (TPSA) is 3.24 Å². The van der Waals surface area contributed by atoms with Crippen LogP contribution in [0.1, 0.15) is 38.7 Å². The summed E-state index contributed by atoms with van der Waals surface area (Å²) in [4.78, 5) is 2.27. The highest BCUT2D eigenvalue weighted by Gasteiger charge is 2.25. The molecule has 0 radical (unpaired) electrons. The molecule has 0 saturated heterocycles. The molecule has 0 aliphatic rings. The van der Waals surface area contributed by atoms with Gasteiger partial charge in [-0.05, 0) is 44.5 Å². The van der Waals surface area contributed by atoms with Crippen molar-refractivity contribution < 1.29 is 0 Å². The van der Waals surface area contributed by atoms with Crippen molar-refractivity contribution in [1.29, 1.82) is 0 Å². The van der Waals surface area contributed by atoms with E-state index in [0.717, 1.165) is 6.54 Å². The predicted octanol–water partition coefficient (Wildman–Crippen LogP) is 3.70. The first-order valence-electron chi connectivity index (χ1n) is 6.29. The maximum Gasteiger partial charge on any atom is -0.00164 e. The summed E-state index contributed by atoms with van der Waals surface area (Å²) in [5.41, 5.74) is 1.82. The summed E-state index contributed by atoms with van der Waals surface area (Å²) in [6, 6.07) is 10.9. The van der Waals surface area contributed by atoms with Crippen molar-refractivity contribution in [1.82, 2.24) is 4.90 Å². The number of benzene rings is 1. The van der Waals surface area contributed by atoms with Crippen LogP contribution in [0.2, 0.25) is 0 Å². The fraction of sp³-hybridized carbons (Fsp3) is 0.600. The van der Waals surface area contributed by atoms with Crippen LogP contribution in [0.4, 0.5) is 0 Å². The van der Waals surface area contributed by atoms with Gasteiger partial charge in [0.1, 0.15) is 0 Å². The van der Waals surface area contributed by atoms with Gasteiger partial charge in [0, 0.05) is 0 Å². The van der Waals surface area contributed by atoms with Crippen LogP contribution in [0.25, 0.3) is 0 Å². The van der Waals surface area contributed by atoms with Crippen molar-refractivity contribution >= 4 is 0 Å². The van der Waals surface area contributed by atoms with E-state index in [4.69, 9.17) is 0 Å². The van der Waals surface area contributed by atoms with E-state index < -0.39 is 0 Å². The Labute approximate surface area is 100 Å². The highest BCUT2D eigenvalue weighted by atomic mass is 15.0. The summed E-state index contributed by atoms with van der Waals surface area (Å²) in [7, 11) is 4.30. The fourth-order valence-corrected chi connectivity index (χ4v) is 2.28. The van der Waals surface area contributed by atoms with Crippen molar-refractivity contribution in [3.8, 4) is 0 Å². The van der Waals surface area contributed by atoms with Gasteiger partial charge in [-0.15, -0.1) is 0 Å². The number of hydrogen-bond acceptors (Lipinski definition) is 1. The first-order valence-corrected chi connectivity index (χ1v) is 6.29. The van der Waals surface area contributed by atoms with Crippen LogP contribution in [0, 0.1) is 0 Å². The SMILES string of the molecule is CCC[C@@](C)(CCN(C)C)c1ccccc1. The molecule has 1 heteroatoms. The van der Waals surface area contributed by atoms with Gasteiger partial charge in [0.25, 0.3) is 0 Å². The maximum atomic E-state index is 2.40. The summed E-state index contributed by atoms with van der Waals surface area (Å²) < 4.78 is 0. The third-order valence-electron chi connectivity index (χ3n) is 3.38. The lowest BCUT2D eigenvalue weighted by molar-refractivity contribution is 0.313. The van der Waals surface area contributed by atoms with E-state index >= 15 is 0 Å². The average Bonchev–Trinajstić information content (AvgIpc) is 2.28. The van der Waals surface area contributed by atoms with Crippen LogP contribution >= 0.6 is 0 Å². The normalized spacial score (nSPS) is 15.1. The van der Waals surface area contributed by atoms with Gasteiger partial charge >= 0.3 is 0 Å². The van der Waals surface area contributed by atoms with Crippen LogP contribution in [0.3, 0.4) is 0 Å². The van der Waals surface area contributed by atoms with Crippen LogP contribution in [-0.4, -0.2) is 25.5 Å². The Balaban J connectivity index is 2.79. The Hall–Kier alpha value is -0.820. The quantitative estimate of drug-likeness (QED) is 0.705. The van der Waals surface area contributed by atoms with E-state index in [2.05, 4.69) is 63.2 Å². The van der Waals surface area contributed by atoms with Crippen LogP contribution in [0.5, 0.6) is 0 Å². The molecule has 1 aromatic carbocycles. The molecule has 0 aliphatic carbocycles. The zero-order valence-electron chi connectivity index (χ0n) is 11.2. The Morgan fingerprint density at radius 1 is 1.06 bits per heavy atom.